The zero-order valence-electron chi connectivity index (χ0n) is 8.89. The first kappa shape index (κ1) is 10.0. The molecule has 1 saturated heterocycles. The summed E-state index contributed by atoms with van der Waals surface area (Å²) in [6, 6.07) is 0. The third kappa shape index (κ3) is 1.66. The van der Waals surface area contributed by atoms with Crippen molar-refractivity contribution >= 4 is 0 Å². The van der Waals surface area contributed by atoms with E-state index in [0.29, 0.717) is 5.41 Å². The SMILES string of the molecule is CC(C)C1(C(C)C)CCOCC1. The molecule has 0 unspecified atom stereocenters. The summed E-state index contributed by atoms with van der Waals surface area (Å²) in [5.41, 5.74) is 0.554. The van der Waals surface area contributed by atoms with Crippen molar-refractivity contribution < 1.29 is 4.74 Å². The molecule has 0 atom stereocenters. The highest BCUT2D eigenvalue weighted by Gasteiger charge is 2.38. The van der Waals surface area contributed by atoms with Crippen molar-refractivity contribution in [2.45, 2.75) is 40.5 Å². The molecule has 12 heavy (non-hydrogen) atoms. The van der Waals surface area contributed by atoms with Crippen LogP contribution in [0.5, 0.6) is 0 Å². The van der Waals surface area contributed by atoms with Crippen LogP contribution in [-0.2, 0) is 4.74 Å². The molecule has 1 nitrogen and oxygen atoms in total. The number of ether oxygens (including phenoxy) is 1. The molecule has 0 N–H and O–H groups in total. The fraction of sp³-hybridized carbons (Fsp3) is 1.00. The molecule has 1 fully saturated rings. The van der Waals surface area contributed by atoms with Crippen molar-refractivity contribution in [3.05, 3.63) is 0 Å². The molecule has 1 heteroatoms. The molecule has 1 heterocycles. The van der Waals surface area contributed by atoms with Crippen molar-refractivity contribution in [3.8, 4) is 0 Å². The van der Waals surface area contributed by atoms with Crippen LogP contribution in [0.25, 0.3) is 0 Å². The highest BCUT2D eigenvalue weighted by molar-refractivity contribution is 4.87. The number of hydrogen-bond acceptors (Lipinski definition) is 1. The van der Waals surface area contributed by atoms with Gasteiger partial charge in [-0.05, 0) is 30.1 Å². The van der Waals surface area contributed by atoms with Crippen LogP contribution in [0.2, 0.25) is 0 Å². The molecule has 0 aromatic heterocycles. The summed E-state index contributed by atoms with van der Waals surface area (Å²) < 4.78 is 5.43. The van der Waals surface area contributed by atoms with Gasteiger partial charge in [0.25, 0.3) is 0 Å². The molecule has 0 amide bonds. The quantitative estimate of drug-likeness (QED) is 0.619. The van der Waals surface area contributed by atoms with Gasteiger partial charge in [-0.1, -0.05) is 27.7 Å². The molecule has 0 spiro atoms. The van der Waals surface area contributed by atoms with Gasteiger partial charge in [0, 0.05) is 13.2 Å². The van der Waals surface area contributed by atoms with Crippen LogP contribution in [0, 0.1) is 17.3 Å². The smallest absolute Gasteiger partial charge is 0.0471 e. The lowest BCUT2D eigenvalue weighted by molar-refractivity contribution is -0.0381. The van der Waals surface area contributed by atoms with Crippen LogP contribution in [-0.4, -0.2) is 13.2 Å². The summed E-state index contributed by atoms with van der Waals surface area (Å²) in [7, 11) is 0. The first-order chi connectivity index (χ1) is 5.59. The number of hydrogen-bond donors (Lipinski definition) is 0. The lowest BCUT2D eigenvalue weighted by Crippen LogP contribution is -2.38. The van der Waals surface area contributed by atoms with Gasteiger partial charge in [0.1, 0.15) is 0 Å². The average molecular weight is 170 g/mol. The van der Waals surface area contributed by atoms with Crippen molar-refractivity contribution in [3.63, 3.8) is 0 Å². The van der Waals surface area contributed by atoms with Gasteiger partial charge in [0.05, 0.1) is 0 Å². The maximum atomic E-state index is 5.43. The first-order valence-corrected chi connectivity index (χ1v) is 5.17. The second-order valence-corrected chi connectivity index (χ2v) is 4.65. The molecule has 0 aromatic carbocycles. The minimum atomic E-state index is 0.554. The third-order valence-corrected chi connectivity index (χ3v) is 3.72. The summed E-state index contributed by atoms with van der Waals surface area (Å²) in [4.78, 5) is 0. The van der Waals surface area contributed by atoms with E-state index < -0.39 is 0 Å². The van der Waals surface area contributed by atoms with Crippen molar-refractivity contribution in [1.29, 1.82) is 0 Å². The number of rotatable bonds is 2. The fourth-order valence-corrected chi connectivity index (χ4v) is 2.57. The third-order valence-electron chi connectivity index (χ3n) is 3.72. The Kier molecular flexibility index (Phi) is 3.16. The Morgan fingerprint density at radius 2 is 1.33 bits per heavy atom. The van der Waals surface area contributed by atoms with Gasteiger partial charge < -0.3 is 4.74 Å². The Morgan fingerprint density at radius 3 is 1.58 bits per heavy atom. The van der Waals surface area contributed by atoms with E-state index >= 15 is 0 Å². The predicted octanol–water partition coefficient (Wildman–Crippen LogP) is 3.10. The van der Waals surface area contributed by atoms with Gasteiger partial charge in [0.2, 0.25) is 0 Å². The topological polar surface area (TPSA) is 9.23 Å². The van der Waals surface area contributed by atoms with Crippen LogP contribution in [0.1, 0.15) is 40.5 Å². The zero-order valence-corrected chi connectivity index (χ0v) is 8.89. The Labute approximate surface area is 76.5 Å². The van der Waals surface area contributed by atoms with Crippen LogP contribution in [0.3, 0.4) is 0 Å². The molecule has 0 saturated carbocycles. The van der Waals surface area contributed by atoms with E-state index in [4.69, 9.17) is 4.74 Å². The molecule has 1 aliphatic rings. The largest absolute Gasteiger partial charge is 0.381 e. The molecule has 0 aromatic rings. The standard InChI is InChI=1S/C11H22O/c1-9(2)11(10(3)4)5-7-12-8-6-11/h9-10H,5-8H2,1-4H3. The predicted molar refractivity (Wildman–Crippen MR) is 52.2 cm³/mol. The molecule has 0 aliphatic carbocycles. The van der Waals surface area contributed by atoms with E-state index in [2.05, 4.69) is 27.7 Å². The molecule has 0 radical (unpaired) electrons. The highest BCUT2D eigenvalue weighted by atomic mass is 16.5. The Balaban J connectivity index is 2.70. The van der Waals surface area contributed by atoms with E-state index in [1.54, 1.807) is 0 Å². The Morgan fingerprint density at radius 1 is 0.917 bits per heavy atom. The summed E-state index contributed by atoms with van der Waals surface area (Å²) in [6.45, 7) is 11.3. The van der Waals surface area contributed by atoms with Gasteiger partial charge in [-0.2, -0.15) is 0 Å². The van der Waals surface area contributed by atoms with Gasteiger partial charge >= 0.3 is 0 Å². The van der Waals surface area contributed by atoms with Crippen LogP contribution in [0.15, 0.2) is 0 Å². The fourth-order valence-electron chi connectivity index (χ4n) is 2.57. The van der Waals surface area contributed by atoms with Crippen LogP contribution >= 0.6 is 0 Å². The van der Waals surface area contributed by atoms with Gasteiger partial charge in [-0.15, -0.1) is 0 Å². The lowest BCUT2D eigenvalue weighted by atomic mass is 9.64. The first-order valence-electron chi connectivity index (χ1n) is 5.17. The summed E-state index contributed by atoms with van der Waals surface area (Å²) in [5, 5.41) is 0. The Hall–Kier alpha value is -0.0400. The van der Waals surface area contributed by atoms with Crippen LogP contribution < -0.4 is 0 Å². The summed E-state index contributed by atoms with van der Waals surface area (Å²) >= 11 is 0. The monoisotopic (exact) mass is 170 g/mol. The highest BCUT2D eigenvalue weighted by Crippen LogP contribution is 2.44. The summed E-state index contributed by atoms with van der Waals surface area (Å²) in [5.74, 6) is 1.59. The average Bonchev–Trinajstić information content (AvgIpc) is 2.05. The lowest BCUT2D eigenvalue weighted by Gasteiger charge is -2.44. The molecular weight excluding hydrogens is 148 g/mol. The zero-order chi connectivity index (χ0) is 9.19. The minimum Gasteiger partial charge on any atom is -0.381 e. The normalized spacial score (nSPS) is 23.5. The molecule has 1 aliphatic heterocycles. The molecular formula is C11H22O. The molecule has 72 valence electrons. The van der Waals surface area contributed by atoms with E-state index in [1.807, 2.05) is 0 Å². The minimum absolute atomic E-state index is 0.554. The van der Waals surface area contributed by atoms with Crippen molar-refractivity contribution in [1.82, 2.24) is 0 Å². The maximum Gasteiger partial charge on any atom is 0.0471 e. The van der Waals surface area contributed by atoms with Gasteiger partial charge in [-0.3, -0.25) is 0 Å². The van der Waals surface area contributed by atoms with E-state index in [1.165, 1.54) is 12.8 Å². The van der Waals surface area contributed by atoms with Crippen molar-refractivity contribution in [2.75, 3.05) is 13.2 Å². The van der Waals surface area contributed by atoms with Gasteiger partial charge in [-0.25, -0.2) is 0 Å². The van der Waals surface area contributed by atoms with Crippen LogP contribution in [0.4, 0.5) is 0 Å². The van der Waals surface area contributed by atoms with E-state index in [9.17, 15) is 0 Å². The van der Waals surface area contributed by atoms with Gasteiger partial charge in [0.15, 0.2) is 0 Å². The van der Waals surface area contributed by atoms with Crippen molar-refractivity contribution in [2.24, 2.45) is 17.3 Å². The second kappa shape index (κ2) is 3.78. The van der Waals surface area contributed by atoms with E-state index in [0.717, 1.165) is 25.0 Å². The second-order valence-electron chi connectivity index (χ2n) is 4.65. The maximum absolute atomic E-state index is 5.43. The molecule has 0 bridgehead atoms. The summed E-state index contributed by atoms with van der Waals surface area (Å²) in [6.07, 6.45) is 2.50. The van der Waals surface area contributed by atoms with E-state index in [-0.39, 0.29) is 0 Å². The molecule has 1 rings (SSSR count). The Bertz CT molecular complexity index is 122.